The maximum absolute atomic E-state index is 6.08. The molecule has 90 valence electrons. The Labute approximate surface area is 105 Å². The van der Waals surface area contributed by atoms with E-state index in [0.717, 1.165) is 19.3 Å². The number of hydrogen-bond donors (Lipinski definition) is 0. The number of hydrogen-bond acceptors (Lipinski definition) is 0. The molecule has 1 aromatic carbocycles. The number of halogens is 1. The SMILES string of the molecule is CCc1ccc(CC(C)(C)CC(C)Cl)cc1. The monoisotopic (exact) mass is 238 g/mol. The Kier molecular flexibility index (Phi) is 4.86. The largest absolute Gasteiger partial charge is 0.123 e. The molecule has 0 saturated carbocycles. The topological polar surface area (TPSA) is 0 Å². The third kappa shape index (κ3) is 4.57. The van der Waals surface area contributed by atoms with Gasteiger partial charge in [0.05, 0.1) is 0 Å². The minimum atomic E-state index is 0.255. The highest BCUT2D eigenvalue weighted by Gasteiger charge is 2.20. The molecule has 0 N–H and O–H groups in total. The van der Waals surface area contributed by atoms with Crippen LogP contribution in [0.25, 0.3) is 0 Å². The molecular weight excluding hydrogens is 216 g/mol. The summed E-state index contributed by atoms with van der Waals surface area (Å²) >= 11 is 6.08. The van der Waals surface area contributed by atoms with Crippen molar-refractivity contribution < 1.29 is 0 Å². The second kappa shape index (κ2) is 5.72. The molecule has 0 spiro atoms. The van der Waals surface area contributed by atoms with Gasteiger partial charge in [0.15, 0.2) is 0 Å². The Bertz CT molecular complexity index is 309. The summed E-state index contributed by atoms with van der Waals surface area (Å²) in [5, 5.41) is 0.255. The van der Waals surface area contributed by atoms with Gasteiger partial charge in [-0.3, -0.25) is 0 Å². The molecule has 1 unspecified atom stereocenters. The molecule has 1 aromatic rings. The van der Waals surface area contributed by atoms with Crippen LogP contribution in [0, 0.1) is 5.41 Å². The lowest BCUT2D eigenvalue weighted by molar-refractivity contribution is 0.331. The minimum Gasteiger partial charge on any atom is -0.123 e. The molecule has 0 nitrogen and oxygen atoms in total. The van der Waals surface area contributed by atoms with Crippen molar-refractivity contribution in [2.24, 2.45) is 5.41 Å². The highest BCUT2D eigenvalue weighted by molar-refractivity contribution is 6.20. The Balaban J connectivity index is 2.64. The Hall–Kier alpha value is -0.490. The molecule has 0 aliphatic rings. The molecule has 1 atom stereocenters. The fourth-order valence-electron chi connectivity index (χ4n) is 2.28. The lowest BCUT2D eigenvalue weighted by atomic mass is 9.81. The summed E-state index contributed by atoms with van der Waals surface area (Å²) in [5.41, 5.74) is 3.11. The van der Waals surface area contributed by atoms with Crippen molar-refractivity contribution in [2.75, 3.05) is 0 Å². The van der Waals surface area contributed by atoms with Gasteiger partial charge in [-0.25, -0.2) is 0 Å². The van der Waals surface area contributed by atoms with Gasteiger partial charge in [0.2, 0.25) is 0 Å². The number of benzene rings is 1. The van der Waals surface area contributed by atoms with Gasteiger partial charge < -0.3 is 0 Å². The minimum absolute atomic E-state index is 0.255. The Morgan fingerprint density at radius 2 is 1.62 bits per heavy atom. The van der Waals surface area contributed by atoms with E-state index in [9.17, 15) is 0 Å². The molecule has 0 aliphatic carbocycles. The maximum Gasteiger partial charge on any atom is 0.0313 e. The smallest absolute Gasteiger partial charge is 0.0313 e. The first kappa shape index (κ1) is 13.6. The summed E-state index contributed by atoms with van der Waals surface area (Å²) in [6.45, 7) is 8.84. The fraction of sp³-hybridized carbons (Fsp3) is 0.600. The number of alkyl halides is 1. The van der Waals surface area contributed by atoms with E-state index >= 15 is 0 Å². The summed E-state index contributed by atoms with van der Waals surface area (Å²) < 4.78 is 0. The third-order valence-electron chi connectivity index (χ3n) is 2.95. The average Bonchev–Trinajstić information content (AvgIpc) is 2.16. The Morgan fingerprint density at radius 3 is 2.06 bits per heavy atom. The number of rotatable bonds is 5. The van der Waals surface area contributed by atoms with E-state index in [1.165, 1.54) is 11.1 Å². The van der Waals surface area contributed by atoms with Gasteiger partial charge in [-0.2, -0.15) is 0 Å². The summed E-state index contributed by atoms with van der Waals surface area (Å²) in [5.74, 6) is 0. The van der Waals surface area contributed by atoms with E-state index in [1.54, 1.807) is 0 Å². The van der Waals surface area contributed by atoms with Crippen molar-refractivity contribution in [3.05, 3.63) is 35.4 Å². The molecule has 0 saturated heterocycles. The van der Waals surface area contributed by atoms with Gasteiger partial charge in [-0.1, -0.05) is 45.0 Å². The highest BCUT2D eigenvalue weighted by atomic mass is 35.5. The molecule has 16 heavy (non-hydrogen) atoms. The quantitative estimate of drug-likeness (QED) is 0.645. The molecule has 1 heteroatoms. The first-order chi connectivity index (χ1) is 7.43. The number of aryl methyl sites for hydroxylation is 1. The third-order valence-corrected chi connectivity index (χ3v) is 3.10. The zero-order valence-corrected chi connectivity index (χ0v) is 11.6. The van der Waals surface area contributed by atoms with Gasteiger partial charge in [0, 0.05) is 5.38 Å². The second-order valence-electron chi connectivity index (χ2n) is 5.50. The summed E-state index contributed by atoms with van der Waals surface area (Å²) in [6.07, 6.45) is 3.28. The highest BCUT2D eigenvalue weighted by Crippen LogP contribution is 2.29. The first-order valence-electron chi connectivity index (χ1n) is 6.15. The lowest BCUT2D eigenvalue weighted by Crippen LogP contribution is -2.18. The fourth-order valence-corrected chi connectivity index (χ4v) is 2.70. The van der Waals surface area contributed by atoms with Crippen LogP contribution in [0.3, 0.4) is 0 Å². The van der Waals surface area contributed by atoms with Crippen LogP contribution >= 0.6 is 11.6 Å². The van der Waals surface area contributed by atoms with Crippen LogP contribution in [0.15, 0.2) is 24.3 Å². The van der Waals surface area contributed by atoms with Crippen LogP contribution in [0.2, 0.25) is 0 Å². The standard InChI is InChI=1S/C15H23Cl/c1-5-13-6-8-14(9-7-13)11-15(3,4)10-12(2)16/h6-9,12H,5,10-11H2,1-4H3. The zero-order chi connectivity index (χ0) is 12.2. The van der Waals surface area contributed by atoms with Gasteiger partial charge in [0.25, 0.3) is 0 Å². The molecule has 0 aliphatic heterocycles. The predicted octanol–water partition coefficient (Wildman–Crippen LogP) is 4.84. The molecule has 0 heterocycles. The van der Waals surface area contributed by atoms with E-state index in [1.807, 2.05) is 0 Å². The van der Waals surface area contributed by atoms with E-state index in [0.29, 0.717) is 0 Å². The summed E-state index contributed by atoms with van der Waals surface area (Å²) in [4.78, 5) is 0. The van der Waals surface area contributed by atoms with Gasteiger partial charge in [0.1, 0.15) is 0 Å². The molecule has 1 rings (SSSR count). The summed E-state index contributed by atoms with van der Waals surface area (Å²) in [7, 11) is 0. The van der Waals surface area contributed by atoms with Crippen molar-refractivity contribution in [2.45, 2.75) is 52.3 Å². The van der Waals surface area contributed by atoms with Crippen molar-refractivity contribution in [3.8, 4) is 0 Å². The van der Waals surface area contributed by atoms with Crippen LogP contribution in [-0.2, 0) is 12.8 Å². The Morgan fingerprint density at radius 1 is 1.12 bits per heavy atom. The summed E-state index contributed by atoms with van der Waals surface area (Å²) in [6, 6.07) is 8.96. The van der Waals surface area contributed by atoms with Crippen LogP contribution in [0.4, 0.5) is 0 Å². The molecule has 0 fully saturated rings. The first-order valence-corrected chi connectivity index (χ1v) is 6.58. The predicted molar refractivity (Wildman–Crippen MR) is 73.2 cm³/mol. The maximum atomic E-state index is 6.08. The molecule has 0 bridgehead atoms. The van der Waals surface area contributed by atoms with Crippen LogP contribution in [0.5, 0.6) is 0 Å². The van der Waals surface area contributed by atoms with E-state index in [2.05, 4.69) is 52.0 Å². The van der Waals surface area contributed by atoms with Gasteiger partial charge in [-0.05, 0) is 42.7 Å². The van der Waals surface area contributed by atoms with Crippen LogP contribution in [-0.4, -0.2) is 5.38 Å². The van der Waals surface area contributed by atoms with Crippen molar-refractivity contribution in [1.82, 2.24) is 0 Å². The average molecular weight is 239 g/mol. The van der Waals surface area contributed by atoms with E-state index < -0.39 is 0 Å². The van der Waals surface area contributed by atoms with Crippen LogP contribution < -0.4 is 0 Å². The van der Waals surface area contributed by atoms with E-state index in [-0.39, 0.29) is 10.8 Å². The second-order valence-corrected chi connectivity index (χ2v) is 6.24. The van der Waals surface area contributed by atoms with Gasteiger partial charge >= 0.3 is 0 Å². The van der Waals surface area contributed by atoms with Gasteiger partial charge in [-0.15, -0.1) is 11.6 Å². The molecule has 0 amide bonds. The lowest BCUT2D eigenvalue weighted by Gasteiger charge is -2.26. The van der Waals surface area contributed by atoms with Crippen LogP contribution in [0.1, 0.15) is 45.2 Å². The zero-order valence-electron chi connectivity index (χ0n) is 10.9. The normalized spacial score (nSPS) is 13.8. The van der Waals surface area contributed by atoms with Crippen molar-refractivity contribution >= 4 is 11.6 Å². The molecule has 0 radical (unpaired) electrons. The molecular formula is C15H23Cl. The van der Waals surface area contributed by atoms with Crippen molar-refractivity contribution in [3.63, 3.8) is 0 Å². The van der Waals surface area contributed by atoms with Crippen molar-refractivity contribution in [1.29, 1.82) is 0 Å². The molecule has 0 aromatic heterocycles. The van der Waals surface area contributed by atoms with E-state index in [4.69, 9.17) is 11.6 Å².